The average Bonchev–Trinajstić information content (AvgIpc) is 2.96. The fourth-order valence-electron chi connectivity index (χ4n) is 3.45. The predicted molar refractivity (Wildman–Crippen MR) is 93.8 cm³/mol. The lowest BCUT2D eigenvalue weighted by Crippen LogP contribution is -2.49. The summed E-state index contributed by atoms with van der Waals surface area (Å²) in [5.41, 5.74) is 0. The minimum absolute atomic E-state index is 0.445. The van der Waals surface area contributed by atoms with Crippen molar-refractivity contribution < 1.29 is 8.42 Å². The van der Waals surface area contributed by atoms with Crippen molar-refractivity contribution in [2.75, 3.05) is 32.7 Å². The quantitative estimate of drug-likeness (QED) is 0.768. The zero-order chi connectivity index (χ0) is 15.6. The van der Waals surface area contributed by atoms with Gasteiger partial charge in [0.1, 0.15) is 4.21 Å². The Morgan fingerprint density at radius 3 is 2.36 bits per heavy atom. The van der Waals surface area contributed by atoms with Crippen molar-refractivity contribution in [3.8, 4) is 0 Å². The van der Waals surface area contributed by atoms with Gasteiger partial charge in [-0.1, -0.05) is 19.3 Å². The number of hydrogen-bond donors (Lipinski definition) is 0. The van der Waals surface area contributed by atoms with Gasteiger partial charge in [-0.25, -0.2) is 8.42 Å². The second kappa shape index (κ2) is 7.30. The van der Waals surface area contributed by atoms with Crippen molar-refractivity contribution in [2.45, 2.75) is 36.3 Å². The lowest BCUT2D eigenvalue weighted by Gasteiger charge is -2.36. The largest absolute Gasteiger partial charge is 0.300 e. The molecule has 1 aliphatic carbocycles. The van der Waals surface area contributed by atoms with Gasteiger partial charge in [-0.2, -0.15) is 4.31 Å². The molecule has 0 amide bonds. The third-order valence-corrected chi connectivity index (χ3v) is 8.70. The maximum atomic E-state index is 12.6. The Bertz CT molecular complexity index is 588. The molecular weight excluding hydrogens is 384 g/mol. The summed E-state index contributed by atoms with van der Waals surface area (Å²) in [4.78, 5) is 2.45. The van der Waals surface area contributed by atoms with E-state index in [2.05, 4.69) is 20.8 Å². The topological polar surface area (TPSA) is 40.6 Å². The molecule has 3 rings (SSSR count). The SMILES string of the molecule is O=S(=O)(c1ccc(Br)s1)N1CCN(CC2CCCCC2)CC1. The van der Waals surface area contributed by atoms with E-state index in [1.165, 1.54) is 43.4 Å². The van der Waals surface area contributed by atoms with Crippen LogP contribution in [0.2, 0.25) is 0 Å². The fraction of sp³-hybridized carbons (Fsp3) is 0.733. The smallest absolute Gasteiger partial charge is 0.252 e. The first-order valence-electron chi connectivity index (χ1n) is 8.03. The molecule has 0 unspecified atom stereocenters. The highest BCUT2D eigenvalue weighted by Gasteiger charge is 2.30. The normalized spacial score (nSPS) is 23.0. The third-order valence-electron chi connectivity index (χ3n) is 4.72. The summed E-state index contributed by atoms with van der Waals surface area (Å²) in [6.45, 7) is 4.11. The zero-order valence-corrected chi connectivity index (χ0v) is 15.9. The van der Waals surface area contributed by atoms with E-state index in [1.807, 2.05) is 0 Å². The highest BCUT2D eigenvalue weighted by molar-refractivity contribution is 9.11. The van der Waals surface area contributed by atoms with Crippen LogP contribution in [0.3, 0.4) is 0 Å². The molecule has 1 saturated carbocycles. The van der Waals surface area contributed by atoms with Crippen molar-refractivity contribution in [1.82, 2.24) is 9.21 Å². The number of halogens is 1. The molecule has 1 aromatic heterocycles. The molecule has 0 aromatic carbocycles. The molecule has 0 spiro atoms. The van der Waals surface area contributed by atoms with Gasteiger partial charge in [0.05, 0.1) is 3.79 Å². The fourth-order valence-corrected chi connectivity index (χ4v) is 7.04. The Labute approximate surface area is 145 Å². The van der Waals surface area contributed by atoms with E-state index in [0.717, 1.165) is 29.3 Å². The molecular formula is C15H23BrN2O2S2. The van der Waals surface area contributed by atoms with E-state index in [4.69, 9.17) is 0 Å². The van der Waals surface area contributed by atoms with Crippen LogP contribution in [0.4, 0.5) is 0 Å². The lowest BCUT2D eigenvalue weighted by molar-refractivity contribution is 0.150. The van der Waals surface area contributed by atoms with Crippen LogP contribution in [0, 0.1) is 5.92 Å². The first-order chi connectivity index (χ1) is 10.6. The van der Waals surface area contributed by atoms with E-state index >= 15 is 0 Å². The molecule has 1 aliphatic heterocycles. The summed E-state index contributed by atoms with van der Waals surface area (Å²) in [6, 6.07) is 3.50. The van der Waals surface area contributed by atoms with E-state index in [0.29, 0.717) is 17.3 Å². The molecule has 0 radical (unpaired) electrons. The molecule has 0 atom stereocenters. The molecule has 7 heteroatoms. The summed E-state index contributed by atoms with van der Waals surface area (Å²) in [5, 5.41) is 0. The van der Waals surface area contributed by atoms with Gasteiger partial charge in [0.2, 0.25) is 0 Å². The molecule has 2 fully saturated rings. The van der Waals surface area contributed by atoms with Crippen molar-refractivity contribution in [2.24, 2.45) is 5.92 Å². The molecule has 1 saturated heterocycles. The highest BCUT2D eigenvalue weighted by atomic mass is 79.9. The van der Waals surface area contributed by atoms with E-state index in [-0.39, 0.29) is 0 Å². The van der Waals surface area contributed by atoms with Gasteiger partial charge in [-0.05, 0) is 46.8 Å². The van der Waals surface area contributed by atoms with Crippen LogP contribution >= 0.6 is 27.3 Å². The van der Waals surface area contributed by atoms with Crippen LogP contribution in [-0.4, -0.2) is 50.3 Å². The van der Waals surface area contributed by atoms with Gasteiger partial charge >= 0.3 is 0 Å². The number of hydrogen-bond acceptors (Lipinski definition) is 4. The van der Waals surface area contributed by atoms with E-state index in [1.54, 1.807) is 16.4 Å². The Balaban J connectivity index is 1.55. The summed E-state index contributed by atoms with van der Waals surface area (Å²) < 4.78 is 28.1. The van der Waals surface area contributed by atoms with Gasteiger partial charge in [0.15, 0.2) is 0 Å². The van der Waals surface area contributed by atoms with Crippen molar-refractivity contribution in [3.63, 3.8) is 0 Å². The maximum absolute atomic E-state index is 12.6. The summed E-state index contributed by atoms with van der Waals surface area (Å²) in [7, 11) is -3.30. The van der Waals surface area contributed by atoms with Crippen LogP contribution in [-0.2, 0) is 10.0 Å². The van der Waals surface area contributed by atoms with Gasteiger partial charge in [-0.3, -0.25) is 0 Å². The second-order valence-corrected chi connectivity index (χ2v) is 10.9. The van der Waals surface area contributed by atoms with E-state index in [9.17, 15) is 8.42 Å². The van der Waals surface area contributed by atoms with Crippen molar-refractivity contribution in [3.05, 3.63) is 15.9 Å². The summed E-state index contributed by atoms with van der Waals surface area (Å²) in [6.07, 6.45) is 6.82. The first kappa shape index (κ1) is 16.9. The monoisotopic (exact) mass is 406 g/mol. The minimum atomic E-state index is -3.30. The molecule has 22 heavy (non-hydrogen) atoms. The van der Waals surface area contributed by atoms with Crippen LogP contribution in [0.15, 0.2) is 20.1 Å². The zero-order valence-electron chi connectivity index (χ0n) is 12.7. The summed E-state index contributed by atoms with van der Waals surface area (Å²) >= 11 is 4.63. The molecule has 0 bridgehead atoms. The van der Waals surface area contributed by atoms with Crippen LogP contribution in [0.1, 0.15) is 32.1 Å². The minimum Gasteiger partial charge on any atom is -0.300 e. The lowest BCUT2D eigenvalue weighted by atomic mass is 9.89. The number of thiophene rings is 1. The first-order valence-corrected chi connectivity index (χ1v) is 11.1. The summed E-state index contributed by atoms with van der Waals surface area (Å²) in [5.74, 6) is 0.824. The Morgan fingerprint density at radius 2 is 1.77 bits per heavy atom. The Morgan fingerprint density at radius 1 is 1.09 bits per heavy atom. The van der Waals surface area contributed by atoms with Crippen LogP contribution in [0.25, 0.3) is 0 Å². The predicted octanol–water partition coefficient (Wildman–Crippen LogP) is 3.40. The average molecular weight is 407 g/mol. The van der Waals surface area contributed by atoms with Crippen LogP contribution in [0.5, 0.6) is 0 Å². The Hall–Kier alpha value is 0.0500. The van der Waals surface area contributed by atoms with E-state index < -0.39 is 10.0 Å². The van der Waals surface area contributed by atoms with Gasteiger partial charge < -0.3 is 4.90 Å². The highest BCUT2D eigenvalue weighted by Crippen LogP contribution is 2.29. The maximum Gasteiger partial charge on any atom is 0.252 e. The van der Waals surface area contributed by atoms with Gasteiger partial charge in [-0.15, -0.1) is 11.3 Å². The third kappa shape index (κ3) is 3.93. The molecule has 2 heterocycles. The second-order valence-electron chi connectivity index (χ2n) is 6.27. The standard InChI is InChI=1S/C15H23BrN2O2S2/c16-14-6-7-15(21-14)22(19,20)18-10-8-17(9-11-18)12-13-4-2-1-3-5-13/h6-7,13H,1-5,8-12H2. The van der Waals surface area contributed by atoms with Gasteiger partial charge in [0, 0.05) is 32.7 Å². The molecule has 4 nitrogen and oxygen atoms in total. The van der Waals surface area contributed by atoms with Crippen molar-refractivity contribution >= 4 is 37.3 Å². The Kier molecular flexibility index (Phi) is 5.60. The number of sulfonamides is 1. The number of rotatable bonds is 4. The molecule has 124 valence electrons. The van der Waals surface area contributed by atoms with Crippen molar-refractivity contribution in [1.29, 1.82) is 0 Å². The molecule has 2 aliphatic rings. The number of nitrogens with zero attached hydrogens (tertiary/aromatic N) is 2. The van der Waals surface area contributed by atoms with Crippen LogP contribution < -0.4 is 0 Å². The van der Waals surface area contributed by atoms with Gasteiger partial charge in [0.25, 0.3) is 10.0 Å². The molecule has 0 N–H and O–H groups in total. The molecule has 1 aromatic rings. The number of piperazine rings is 1.